The first kappa shape index (κ1) is 16.1. The number of aliphatic hydroxyl groups excluding tert-OH is 1. The molecule has 116 valence electrons. The number of aliphatic hydroxyl groups is 1. The molecule has 0 spiro atoms. The number of phenols is 1. The summed E-state index contributed by atoms with van der Waals surface area (Å²) in [6.07, 6.45) is 6.40. The third kappa shape index (κ3) is 4.35. The van der Waals surface area contributed by atoms with E-state index in [1.807, 2.05) is 0 Å². The number of carbonyl (C=O) groups is 1. The van der Waals surface area contributed by atoms with E-state index < -0.39 is 0 Å². The van der Waals surface area contributed by atoms with Gasteiger partial charge in [0.25, 0.3) is 5.91 Å². The predicted molar refractivity (Wildman–Crippen MR) is 82.6 cm³/mol. The van der Waals surface area contributed by atoms with Crippen molar-refractivity contribution in [1.29, 1.82) is 0 Å². The number of nitrogens with one attached hydrogen (secondary N) is 1. The molecular weight excluding hydrogens is 290 g/mol. The zero-order chi connectivity index (χ0) is 15.2. The Labute approximate surface area is 130 Å². The summed E-state index contributed by atoms with van der Waals surface area (Å²) < 4.78 is 0. The Morgan fingerprint density at radius 3 is 2.67 bits per heavy atom. The van der Waals surface area contributed by atoms with Crippen LogP contribution in [0.4, 0.5) is 0 Å². The molecule has 4 nitrogen and oxygen atoms in total. The Kier molecular flexibility index (Phi) is 5.88. The van der Waals surface area contributed by atoms with E-state index in [2.05, 4.69) is 5.32 Å². The number of hydrogen-bond acceptors (Lipinski definition) is 3. The molecule has 0 radical (unpaired) electrons. The molecule has 1 atom stereocenters. The number of rotatable bonds is 5. The summed E-state index contributed by atoms with van der Waals surface area (Å²) >= 11 is 5.83. The van der Waals surface area contributed by atoms with E-state index in [4.69, 9.17) is 11.6 Å². The Balaban J connectivity index is 2.04. The number of benzene rings is 1. The number of aromatic hydroxyl groups is 1. The third-order valence-corrected chi connectivity index (χ3v) is 4.49. The second kappa shape index (κ2) is 7.66. The molecule has 1 unspecified atom stereocenters. The molecule has 1 aromatic carbocycles. The smallest absolute Gasteiger partial charge is 0.251 e. The van der Waals surface area contributed by atoms with E-state index in [9.17, 15) is 15.0 Å². The number of amides is 1. The van der Waals surface area contributed by atoms with Gasteiger partial charge in [0.2, 0.25) is 0 Å². The summed E-state index contributed by atoms with van der Waals surface area (Å²) in [6, 6.07) is 4.42. The molecule has 3 N–H and O–H groups in total. The molecule has 1 fully saturated rings. The van der Waals surface area contributed by atoms with E-state index >= 15 is 0 Å². The standard InChI is InChI=1S/C16H22ClNO3/c17-13-10-12(6-7-15(13)20)16(21)18-14(8-9-19)11-4-2-1-3-5-11/h6-7,10-11,14,19-20H,1-5,8-9H2,(H,18,21). The molecule has 1 aromatic rings. The van der Waals surface area contributed by atoms with Crippen molar-refractivity contribution < 1.29 is 15.0 Å². The highest BCUT2D eigenvalue weighted by Crippen LogP contribution is 2.28. The molecule has 1 aliphatic carbocycles. The second-order valence-electron chi connectivity index (χ2n) is 5.66. The van der Waals surface area contributed by atoms with Crippen molar-refractivity contribution >= 4 is 17.5 Å². The first-order chi connectivity index (χ1) is 10.1. The van der Waals surface area contributed by atoms with Crippen LogP contribution in [0.1, 0.15) is 48.9 Å². The Morgan fingerprint density at radius 2 is 2.05 bits per heavy atom. The minimum Gasteiger partial charge on any atom is -0.506 e. The fourth-order valence-electron chi connectivity index (χ4n) is 3.00. The van der Waals surface area contributed by atoms with Crippen LogP contribution in [0.2, 0.25) is 5.02 Å². The zero-order valence-corrected chi connectivity index (χ0v) is 12.8. The maximum atomic E-state index is 12.3. The van der Waals surface area contributed by atoms with Gasteiger partial charge in [0.15, 0.2) is 0 Å². The Bertz CT molecular complexity index is 486. The number of hydrogen-bond donors (Lipinski definition) is 3. The third-order valence-electron chi connectivity index (χ3n) is 4.19. The fraction of sp³-hybridized carbons (Fsp3) is 0.562. The van der Waals surface area contributed by atoms with Crippen molar-refractivity contribution in [3.05, 3.63) is 28.8 Å². The number of phenolic OH excluding ortho intramolecular Hbond substituents is 1. The van der Waals surface area contributed by atoms with Gasteiger partial charge in [-0.05, 0) is 43.4 Å². The van der Waals surface area contributed by atoms with Gasteiger partial charge in [-0.2, -0.15) is 0 Å². The monoisotopic (exact) mass is 311 g/mol. The highest BCUT2D eigenvalue weighted by atomic mass is 35.5. The van der Waals surface area contributed by atoms with E-state index in [-0.39, 0.29) is 29.3 Å². The molecule has 0 aromatic heterocycles. The van der Waals surface area contributed by atoms with Crippen LogP contribution < -0.4 is 5.32 Å². The highest BCUT2D eigenvalue weighted by Gasteiger charge is 2.25. The lowest BCUT2D eigenvalue weighted by Crippen LogP contribution is -2.41. The molecule has 1 saturated carbocycles. The molecule has 2 rings (SSSR count). The van der Waals surface area contributed by atoms with Crippen molar-refractivity contribution in [1.82, 2.24) is 5.32 Å². The van der Waals surface area contributed by atoms with Gasteiger partial charge in [-0.1, -0.05) is 30.9 Å². The van der Waals surface area contributed by atoms with Gasteiger partial charge in [0.1, 0.15) is 5.75 Å². The lowest BCUT2D eigenvalue weighted by atomic mass is 9.82. The quantitative estimate of drug-likeness (QED) is 0.782. The van der Waals surface area contributed by atoms with Crippen molar-refractivity contribution in [2.24, 2.45) is 5.92 Å². The summed E-state index contributed by atoms with van der Waals surface area (Å²) in [5, 5.41) is 21.8. The number of halogens is 1. The van der Waals surface area contributed by atoms with Crippen LogP contribution in [0.15, 0.2) is 18.2 Å². The van der Waals surface area contributed by atoms with Crippen LogP contribution in [-0.4, -0.2) is 28.8 Å². The minimum atomic E-state index is -0.207. The molecule has 0 bridgehead atoms. The van der Waals surface area contributed by atoms with Crippen molar-refractivity contribution in [3.63, 3.8) is 0 Å². The summed E-state index contributed by atoms with van der Waals surface area (Å²) in [5.74, 6) is 0.191. The van der Waals surface area contributed by atoms with Crippen LogP contribution in [0.25, 0.3) is 0 Å². The van der Waals surface area contributed by atoms with Gasteiger partial charge in [-0.25, -0.2) is 0 Å². The highest BCUT2D eigenvalue weighted by molar-refractivity contribution is 6.32. The zero-order valence-electron chi connectivity index (χ0n) is 12.0. The maximum Gasteiger partial charge on any atom is 0.251 e. The average Bonchev–Trinajstić information content (AvgIpc) is 2.50. The van der Waals surface area contributed by atoms with Crippen molar-refractivity contribution in [2.75, 3.05) is 6.61 Å². The molecule has 0 heterocycles. The SMILES string of the molecule is O=C(NC(CCO)C1CCCCC1)c1ccc(O)c(Cl)c1. The van der Waals surface area contributed by atoms with Crippen LogP contribution in [-0.2, 0) is 0 Å². The van der Waals surface area contributed by atoms with Crippen LogP contribution in [0.3, 0.4) is 0 Å². The Morgan fingerprint density at radius 1 is 1.33 bits per heavy atom. The molecule has 0 aliphatic heterocycles. The fourth-order valence-corrected chi connectivity index (χ4v) is 3.18. The summed E-state index contributed by atoms with van der Waals surface area (Å²) in [6.45, 7) is 0.0672. The van der Waals surface area contributed by atoms with E-state index in [1.54, 1.807) is 6.07 Å². The van der Waals surface area contributed by atoms with Gasteiger partial charge >= 0.3 is 0 Å². The molecule has 0 saturated heterocycles. The maximum absolute atomic E-state index is 12.3. The molecule has 5 heteroatoms. The molecule has 1 aliphatic rings. The van der Waals surface area contributed by atoms with Gasteiger partial charge in [-0.15, -0.1) is 0 Å². The largest absolute Gasteiger partial charge is 0.506 e. The lowest BCUT2D eigenvalue weighted by Gasteiger charge is -2.30. The first-order valence-corrected chi connectivity index (χ1v) is 7.90. The molecular formula is C16H22ClNO3. The lowest BCUT2D eigenvalue weighted by molar-refractivity contribution is 0.0899. The second-order valence-corrected chi connectivity index (χ2v) is 6.06. The van der Waals surface area contributed by atoms with Gasteiger partial charge in [-0.3, -0.25) is 4.79 Å². The summed E-state index contributed by atoms with van der Waals surface area (Å²) in [4.78, 5) is 12.3. The van der Waals surface area contributed by atoms with Crippen LogP contribution >= 0.6 is 11.6 Å². The average molecular weight is 312 g/mol. The normalized spacial score (nSPS) is 17.4. The topological polar surface area (TPSA) is 69.6 Å². The minimum absolute atomic E-state index is 0.00428. The Hall–Kier alpha value is -1.26. The van der Waals surface area contributed by atoms with Crippen molar-refractivity contribution in [2.45, 2.75) is 44.6 Å². The van der Waals surface area contributed by atoms with Gasteiger partial charge < -0.3 is 15.5 Å². The van der Waals surface area contributed by atoms with Crippen LogP contribution in [0.5, 0.6) is 5.75 Å². The van der Waals surface area contributed by atoms with E-state index in [1.165, 1.54) is 31.4 Å². The van der Waals surface area contributed by atoms with Gasteiger partial charge in [0.05, 0.1) is 5.02 Å². The molecule has 1 amide bonds. The van der Waals surface area contributed by atoms with Crippen molar-refractivity contribution in [3.8, 4) is 5.75 Å². The van der Waals surface area contributed by atoms with E-state index in [0.29, 0.717) is 17.9 Å². The predicted octanol–water partition coefficient (Wildman–Crippen LogP) is 3.11. The summed E-state index contributed by atoms with van der Waals surface area (Å²) in [5.41, 5.74) is 0.427. The van der Waals surface area contributed by atoms with E-state index in [0.717, 1.165) is 12.8 Å². The van der Waals surface area contributed by atoms with Gasteiger partial charge in [0, 0.05) is 18.2 Å². The molecule has 21 heavy (non-hydrogen) atoms. The number of carbonyl (C=O) groups excluding carboxylic acids is 1. The van der Waals surface area contributed by atoms with Crippen LogP contribution in [0, 0.1) is 5.92 Å². The summed E-state index contributed by atoms with van der Waals surface area (Å²) in [7, 11) is 0. The first-order valence-electron chi connectivity index (χ1n) is 7.52.